The standard InChI is InChI=1S/C14H25NO2/c1-9(2)11-6-5-7-13-15(14(11)16)12(8-17-13)10(3)4/h9-13H,5-8H2,1-4H3/t11-,12+,13-/m1/s1. The first-order valence-corrected chi connectivity index (χ1v) is 6.96. The molecule has 0 radical (unpaired) electrons. The summed E-state index contributed by atoms with van der Waals surface area (Å²) in [6, 6.07) is 0.284. The molecule has 2 fully saturated rings. The highest BCUT2D eigenvalue weighted by Gasteiger charge is 2.43. The number of carbonyl (C=O) groups excluding carboxylic acids is 1. The average molecular weight is 239 g/mol. The van der Waals surface area contributed by atoms with Gasteiger partial charge in [0.05, 0.1) is 12.6 Å². The number of amides is 1. The van der Waals surface area contributed by atoms with Gasteiger partial charge in [0, 0.05) is 5.92 Å². The molecule has 3 atom stereocenters. The molecule has 17 heavy (non-hydrogen) atoms. The summed E-state index contributed by atoms with van der Waals surface area (Å²) in [4.78, 5) is 14.7. The Hall–Kier alpha value is -0.570. The number of carbonyl (C=O) groups is 1. The van der Waals surface area contributed by atoms with E-state index in [1.165, 1.54) is 0 Å². The minimum atomic E-state index is 0.0543. The van der Waals surface area contributed by atoms with Gasteiger partial charge in [-0.25, -0.2) is 0 Å². The normalized spacial score (nSPS) is 34.4. The van der Waals surface area contributed by atoms with Crippen molar-refractivity contribution in [2.75, 3.05) is 6.61 Å². The van der Waals surface area contributed by atoms with E-state index in [0.29, 0.717) is 17.7 Å². The van der Waals surface area contributed by atoms with Crippen molar-refractivity contribution < 1.29 is 9.53 Å². The van der Waals surface area contributed by atoms with Crippen molar-refractivity contribution in [1.29, 1.82) is 0 Å². The highest BCUT2D eigenvalue weighted by Crippen LogP contribution is 2.34. The molecule has 0 aliphatic carbocycles. The Kier molecular flexibility index (Phi) is 3.76. The molecule has 3 nitrogen and oxygen atoms in total. The second-order valence-electron chi connectivity index (χ2n) is 6.13. The van der Waals surface area contributed by atoms with Gasteiger partial charge in [-0.15, -0.1) is 0 Å². The first-order chi connectivity index (χ1) is 8.02. The molecule has 0 bridgehead atoms. The molecule has 3 heteroatoms. The fraction of sp³-hybridized carbons (Fsp3) is 0.929. The van der Waals surface area contributed by atoms with Gasteiger partial charge in [-0.3, -0.25) is 4.79 Å². The van der Waals surface area contributed by atoms with Crippen LogP contribution in [0.2, 0.25) is 0 Å². The zero-order valence-electron chi connectivity index (χ0n) is 11.5. The maximum Gasteiger partial charge on any atom is 0.228 e. The van der Waals surface area contributed by atoms with Gasteiger partial charge in [0.15, 0.2) is 0 Å². The van der Waals surface area contributed by atoms with Crippen LogP contribution in [0.25, 0.3) is 0 Å². The lowest BCUT2D eigenvalue weighted by Crippen LogP contribution is -2.46. The van der Waals surface area contributed by atoms with E-state index in [1.807, 2.05) is 0 Å². The van der Waals surface area contributed by atoms with E-state index in [1.54, 1.807) is 0 Å². The van der Waals surface area contributed by atoms with Crippen LogP contribution < -0.4 is 0 Å². The van der Waals surface area contributed by atoms with Gasteiger partial charge in [-0.05, 0) is 31.1 Å². The van der Waals surface area contributed by atoms with Crippen LogP contribution in [0.3, 0.4) is 0 Å². The zero-order valence-corrected chi connectivity index (χ0v) is 11.5. The molecule has 2 saturated heterocycles. The van der Waals surface area contributed by atoms with Gasteiger partial charge in [0.25, 0.3) is 0 Å². The van der Waals surface area contributed by atoms with Gasteiger partial charge in [-0.1, -0.05) is 27.7 Å². The molecule has 0 N–H and O–H groups in total. The highest BCUT2D eigenvalue weighted by atomic mass is 16.5. The molecule has 0 spiro atoms. The van der Waals surface area contributed by atoms with E-state index in [2.05, 4.69) is 32.6 Å². The minimum Gasteiger partial charge on any atom is -0.356 e. The smallest absolute Gasteiger partial charge is 0.228 e. The van der Waals surface area contributed by atoms with Crippen LogP contribution in [-0.4, -0.2) is 29.7 Å². The number of hydrogen-bond donors (Lipinski definition) is 0. The number of nitrogens with zero attached hydrogens (tertiary/aromatic N) is 1. The fourth-order valence-electron chi connectivity index (χ4n) is 3.07. The maximum absolute atomic E-state index is 12.6. The molecule has 0 saturated carbocycles. The third-order valence-corrected chi connectivity index (χ3v) is 4.24. The van der Waals surface area contributed by atoms with Gasteiger partial charge < -0.3 is 9.64 Å². The largest absolute Gasteiger partial charge is 0.356 e. The summed E-state index contributed by atoms with van der Waals surface area (Å²) in [7, 11) is 0. The third-order valence-electron chi connectivity index (χ3n) is 4.24. The Morgan fingerprint density at radius 1 is 1.18 bits per heavy atom. The molecule has 98 valence electrons. The summed E-state index contributed by atoms with van der Waals surface area (Å²) in [6.45, 7) is 9.39. The van der Waals surface area contributed by atoms with Crippen molar-refractivity contribution in [1.82, 2.24) is 4.90 Å². The molecular formula is C14H25NO2. The molecule has 1 amide bonds. The summed E-state index contributed by atoms with van der Waals surface area (Å²) >= 11 is 0. The fourth-order valence-corrected chi connectivity index (χ4v) is 3.07. The maximum atomic E-state index is 12.6. The lowest BCUT2D eigenvalue weighted by molar-refractivity contribution is -0.142. The van der Waals surface area contributed by atoms with Crippen molar-refractivity contribution in [2.45, 2.75) is 59.2 Å². The van der Waals surface area contributed by atoms with Crippen LogP contribution >= 0.6 is 0 Å². The molecule has 2 aliphatic rings. The Morgan fingerprint density at radius 3 is 2.47 bits per heavy atom. The third kappa shape index (κ3) is 2.35. The van der Waals surface area contributed by atoms with E-state index in [4.69, 9.17) is 4.74 Å². The topological polar surface area (TPSA) is 29.5 Å². The Bertz CT molecular complexity index is 288. The lowest BCUT2D eigenvalue weighted by Gasteiger charge is -2.32. The van der Waals surface area contributed by atoms with E-state index >= 15 is 0 Å². The lowest BCUT2D eigenvalue weighted by atomic mass is 9.90. The molecule has 2 rings (SSSR count). The Labute approximate surface area is 105 Å². The van der Waals surface area contributed by atoms with E-state index in [-0.39, 0.29) is 18.2 Å². The van der Waals surface area contributed by atoms with Crippen LogP contribution in [0.1, 0.15) is 47.0 Å². The second-order valence-corrected chi connectivity index (χ2v) is 6.13. The zero-order chi connectivity index (χ0) is 12.6. The first-order valence-electron chi connectivity index (χ1n) is 6.96. The molecule has 2 aliphatic heterocycles. The molecule has 0 aromatic heterocycles. The highest BCUT2D eigenvalue weighted by molar-refractivity contribution is 5.80. The van der Waals surface area contributed by atoms with E-state index in [9.17, 15) is 4.79 Å². The van der Waals surface area contributed by atoms with Crippen molar-refractivity contribution in [3.8, 4) is 0 Å². The quantitative estimate of drug-likeness (QED) is 0.741. The van der Waals surface area contributed by atoms with Gasteiger partial charge in [-0.2, -0.15) is 0 Å². The van der Waals surface area contributed by atoms with Crippen LogP contribution in [0.15, 0.2) is 0 Å². The van der Waals surface area contributed by atoms with Gasteiger partial charge in [0.1, 0.15) is 6.23 Å². The van der Waals surface area contributed by atoms with Crippen LogP contribution in [0, 0.1) is 17.8 Å². The van der Waals surface area contributed by atoms with Crippen LogP contribution in [0.5, 0.6) is 0 Å². The van der Waals surface area contributed by atoms with Crippen molar-refractivity contribution in [2.24, 2.45) is 17.8 Å². The average Bonchev–Trinajstić information content (AvgIpc) is 2.60. The molecule has 2 heterocycles. The monoisotopic (exact) mass is 239 g/mol. The molecule has 0 aromatic rings. The predicted molar refractivity (Wildman–Crippen MR) is 67.4 cm³/mol. The summed E-state index contributed by atoms with van der Waals surface area (Å²) in [5.74, 6) is 1.45. The van der Waals surface area contributed by atoms with E-state index < -0.39 is 0 Å². The number of hydrogen-bond acceptors (Lipinski definition) is 2. The number of ether oxygens (including phenoxy) is 1. The van der Waals surface area contributed by atoms with Crippen molar-refractivity contribution >= 4 is 5.91 Å². The van der Waals surface area contributed by atoms with Crippen molar-refractivity contribution in [3.05, 3.63) is 0 Å². The van der Waals surface area contributed by atoms with Crippen LogP contribution in [-0.2, 0) is 9.53 Å². The summed E-state index contributed by atoms with van der Waals surface area (Å²) < 4.78 is 5.81. The molecule has 0 aromatic carbocycles. The molecular weight excluding hydrogens is 214 g/mol. The SMILES string of the molecule is CC(C)[C@H]1CCC[C@H]2OC[C@@H](C(C)C)N2C1=O. The summed E-state index contributed by atoms with van der Waals surface area (Å²) in [5.41, 5.74) is 0. The van der Waals surface area contributed by atoms with Crippen molar-refractivity contribution in [3.63, 3.8) is 0 Å². The number of rotatable bonds is 2. The summed E-state index contributed by atoms with van der Waals surface area (Å²) in [6.07, 6.45) is 3.20. The van der Waals surface area contributed by atoms with Gasteiger partial charge in [0.2, 0.25) is 5.91 Å². The van der Waals surface area contributed by atoms with E-state index in [0.717, 1.165) is 25.9 Å². The second kappa shape index (κ2) is 4.97. The minimum absolute atomic E-state index is 0.0543. The summed E-state index contributed by atoms with van der Waals surface area (Å²) in [5, 5.41) is 0. The first kappa shape index (κ1) is 12.9. The van der Waals surface area contributed by atoms with Crippen LogP contribution in [0.4, 0.5) is 0 Å². The molecule has 0 unspecified atom stereocenters. The predicted octanol–water partition coefficient (Wildman–Crippen LogP) is 2.65. The number of fused-ring (bicyclic) bond motifs is 1. The van der Waals surface area contributed by atoms with Gasteiger partial charge >= 0.3 is 0 Å². The Balaban J connectivity index is 2.21. The Morgan fingerprint density at radius 2 is 1.88 bits per heavy atom.